The van der Waals surface area contributed by atoms with Gasteiger partial charge in [-0.3, -0.25) is 9.69 Å². The van der Waals surface area contributed by atoms with E-state index in [2.05, 4.69) is 4.74 Å². The van der Waals surface area contributed by atoms with Crippen molar-refractivity contribution in [1.29, 1.82) is 0 Å². The van der Waals surface area contributed by atoms with Gasteiger partial charge in [-0.1, -0.05) is 0 Å². The van der Waals surface area contributed by atoms with Crippen molar-refractivity contribution in [2.45, 2.75) is 6.23 Å². The summed E-state index contributed by atoms with van der Waals surface area (Å²) in [6.07, 6.45) is -0.275. The number of rotatable bonds is 2. The third-order valence-electron chi connectivity index (χ3n) is 1.76. The van der Waals surface area contributed by atoms with Crippen molar-refractivity contribution in [3.63, 3.8) is 0 Å². The van der Waals surface area contributed by atoms with Crippen LogP contribution in [0.1, 0.15) is 0 Å². The van der Waals surface area contributed by atoms with Gasteiger partial charge in [-0.15, -0.1) is 0 Å². The standard InChI is InChI=1S/C7H14N2O3/c1-11-7(10)5-9-2-3-12-6(8)4-9/h6H,2-5,8H2,1H3. The second-order valence-electron chi connectivity index (χ2n) is 2.72. The largest absolute Gasteiger partial charge is 0.468 e. The fourth-order valence-corrected chi connectivity index (χ4v) is 1.12. The Labute approximate surface area is 71.4 Å². The zero-order valence-electron chi connectivity index (χ0n) is 7.16. The molecule has 0 bridgehead atoms. The van der Waals surface area contributed by atoms with Crippen molar-refractivity contribution in [1.82, 2.24) is 4.90 Å². The van der Waals surface area contributed by atoms with Crippen LogP contribution in [0.2, 0.25) is 0 Å². The fourth-order valence-electron chi connectivity index (χ4n) is 1.12. The van der Waals surface area contributed by atoms with Crippen molar-refractivity contribution < 1.29 is 14.3 Å². The van der Waals surface area contributed by atoms with Gasteiger partial charge in [-0.2, -0.15) is 0 Å². The second-order valence-corrected chi connectivity index (χ2v) is 2.72. The average Bonchev–Trinajstić information content (AvgIpc) is 2.04. The highest BCUT2D eigenvalue weighted by atomic mass is 16.5. The molecular weight excluding hydrogens is 160 g/mol. The number of hydrogen-bond acceptors (Lipinski definition) is 5. The van der Waals surface area contributed by atoms with Gasteiger partial charge in [0.25, 0.3) is 0 Å². The van der Waals surface area contributed by atoms with Gasteiger partial charge in [0.2, 0.25) is 0 Å². The molecule has 0 spiro atoms. The summed E-state index contributed by atoms with van der Waals surface area (Å²) in [7, 11) is 1.38. The Kier molecular flexibility index (Phi) is 3.46. The van der Waals surface area contributed by atoms with Gasteiger partial charge in [0.15, 0.2) is 0 Å². The Morgan fingerprint density at radius 2 is 2.58 bits per heavy atom. The average molecular weight is 174 g/mol. The molecule has 1 aliphatic rings. The first-order chi connectivity index (χ1) is 5.72. The van der Waals surface area contributed by atoms with E-state index in [0.29, 0.717) is 19.7 Å². The molecule has 5 nitrogen and oxygen atoms in total. The van der Waals surface area contributed by atoms with Crippen LogP contribution in [-0.4, -0.2) is 50.4 Å². The van der Waals surface area contributed by atoms with Crippen LogP contribution in [0.25, 0.3) is 0 Å². The number of methoxy groups -OCH3 is 1. The van der Waals surface area contributed by atoms with Crippen LogP contribution < -0.4 is 5.73 Å². The third kappa shape index (κ3) is 2.77. The number of morpholine rings is 1. The maximum Gasteiger partial charge on any atom is 0.319 e. The van der Waals surface area contributed by atoms with E-state index in [1.165, 1.54) is 7.11 Å². The van der Waals surface area contributed by atoms with Crippen LogP contribution >= 0.6 is 0 Å². The first-order valence-corrected chi connectivity index (χ1v) is 3.88. The summed E-state index contributed by atoms with van der Waals surface area (Å²) in [6, 6.07) is 0. The minimum atomic E-state index is -0.275. The van der Waals surface area contributed by atoms with Crippen molar-refractivity contribution in [3.05, 3.63) is 0 Å². The molecule has 1 fully saturated rings. The van der Waals surface area contributed by atoms with Crippen LogP contribution in [0, 0.1) is 0 Å². The predicted molar refractivity (Wildman–Crippen MR) is 42.4 cm³/mol. The Morgan fingerprint density at radius 1 is 1.83 bits per heavy atom. The molecule has 70 valence electrons. The van der Waals surface area contributed by atoms with E-state index in [0.717, 1.165) is 6.54 Å². The topological polar surface area (TPSA) is 64.8 Å². The molecule has 2 N–H and O–H groups in total. The lowest BCUT2D eigenvalue weighted by Crippen LogP contribution is -2.48. The second kappa shape index (κ2) is 4.39. The molecule has 1 rings (SSSR count). The molecular formula is C7H14N2O3. The molecule has 0 radical (unpaired) electrons. The molecule has 0 aromatic heterocycles. The maximum absolute atomic E-state index is 10.8. The van der Waals surface area contributed by atoms with Gasteiger partial charge >= 0.3 is 5.97 Å². The zero-order valence-corrected chi connectivity index (χ0v) is 7.16. The number of nitrogens with zero attached hydrogens (tertiary/aromatic N) is 1. The van der Waals surface area contributed by atoms with E-state index in [9.17, 15) is 4.79 Å². The van der Waals surface area contributed by atoms with Crippen molar-refractivity contribution in [3.8, 4) is 0 Å². The summed E-state index contributed by atoms with van der Waals surface area (Å²) in [5.74, 6) is -0.232. The molecule has 1 unspecified atom stereocenters. The quantitative estimate of drug-likeness (QED) is 0.531. The van der Waals surface area contributed by atoms with Gasteiger partial charge in [0.05, 0.1) is 20.3 Å². The molecule has 0 saturated carbocycles. The first-order valence-electron chi connectivity index (χ1n) is 3.88. The Morgan fingerprint density at radius 3 is 3.17 bits per heavy atom. The van der Waals surface area contributed by atoms with Crippen LogP contribution in [0.5, 0.6) is 0 Å². The van der Waals surface area contributed by atoms with Gasteiger partial charge < -0.3 is 15.2 Å². The van der Waals surface area contributed by atoms with Gasteiger partial charge in [-0.05, 0) is 0 Å². The number of hydrogen-bond donors (Lipinski definition) is 1. The minimum absolute atomic E-state index is 0.232. The monoisotopic (exact) mass is 174 g/mol. The Hall–Kier alpha value is -0.650. The zero-order chi connectivity index (χ0) is 8.97. The van der Waals surface area contributed by atoms with Gasteiger partial charge in [0, 0.05) is 13.1 Å². The molecule has 0 amide bonds. The van der Waals surface area contributed by atoms with Crippen molar-refractivity contribution >= 4 is 5.97 Å². The summed E-state index contributed by atoms with van der Waals surface area (Å²) < 4.78 is 9.63. The lowest BCUT2D eigenvalue weighted by atomic mass is 10.4. The van der Waals surface area contributed by atoms with E-state index in [4.69, 9.17) is 10.5 Å². The molecule has 0 aromatic rings. The molecule has 1 saturated heterocycles. The molecule has 0 aromatic carbocycles. The SMILES string of the molecule is COC(=O)CN1CCOC(N)C1. The van der Waals surface area contributed by atoms with E-state index in [-0.39, 0.29) is 12.2 Å². The number of carbonyl (C=O) groups is 1. The number of nitrogens with two attached hydrogens (primary N) is 1. The number of esters is 1. The molecule has 1 aliphatic heterocycles. The first kappa shape index (κ1) is 9.44. The Balaban J connectivity index is 2.27. The van der Waals surface area contributed by atoms with E-state index >= 15 is 0 Å². The Bertz CT molecular complexity index is 163. The highest BCUT2D eigenvalue weighted by molar-refractivity contribution is 5.71. The minimum Gasteiger partial charge on any atom is -0.468 e. The highest BCUT2D eigenvalue weighted by Crippen LogP contribution is 1.99. The summed E-state index contributed by atoms with van der Waals surface area (Å²) >= 11 is 0. The van der Waals surface area contributed by atoms with E-state index in [1.54, 1.807) is 0 Å². The lowest BCUT2D eigenvalue weighted by Gasteiger charge is -2.29. The molecule has 5 heteroatoms. The van der Waals surface area contributed by atoms with Crippen LogP contribution in [0.4, 0.5) is 0 Å². The lowest BCUT2D eigenvalue weighted by molar-refractivity contribution is -0.143. The van der Waals surface area contributed by atoms with Gasteiger partial charge in [0.1, 0.15) is 6.23 Å². The van der Waals surface area contributed by atoms with Crippen molar-refractivity contribution in [2.75, 3.05) is 33.4 Å². The number of carbonyl (C=O) groups excluding carboxylic acids is 1. The summed E-state index contributed by atoms with van der Waals surface area (Å²) in [5, 5.41) is 0. The highest BCUT2D eigenvalue weighted by Gasteiger charge is 2.18. The normalized spacial score (nSPS) is 25.3. The third-order valence-corrected chi connectivity index (χ3v) is 1.76. The van der Waals surface area contributed by atoms with Crippen molar-refractivity contribution in [2.24, 2.45) is 5.73 Å². The van der Waals surface area contributed by atoms with Crippen LogP contribution in [0.3, 0.4) is 0 Å². The number of ether oxygens (including phenoxy) is 2. The predicted octanol–water partition coefficient (Wildman–Crippen LogP) is -1.22. The maximum atomic E-state index is 10.8. The van der Waals surface area contributed by atoms with Crippen LogP contribution in [-0.2, 0) is 14.3 Å². The molecule has 12 heavy (non-hydrogen) atoms. The summed E-state index contributed by atoms with van der Waals surface area (Å²) in [5.41, 5.74) is 5.53. The van der Waals surface area contributed by atoms with Crippen LogP contribution in [0.15, 0.2) is 0 Å². The van der Waals surface area contributed by atoms with E-state index in [1.807, 2.05) is 4.90 Å². The van der Waals surface area contributed by atoms with Gasteiger partial charge in [-0.25, -0.2) is 0 Å². The fraction of sp³-hybridized carbons (Fsp3) is 0.857. The molecule has 1 atom stereocenters. The van der Waals surface area contributed by atoms with E-state index < -0.39 is 0 Å². The molecule has 0 aliphatic carbocycles. The molecule has 1 heterocycles. The summed E-state index contributed by atoms with van der Waals surface area (Å²) in [4.78, 5) is 12.8. The smallest absolute Gasteiger partial charge is 0.319 e. The summed E-state index contributed by atoms with van der Waals surface area (Å²) in [6.45, 7) is 2.21.